The summed E-state index contributed by atoms with van der Waals surface area (Å²) in [6.45, 7) is 6.52. The predicted octanol–water partition coefficient (Wildman–Crippen LogP) is 1.52. The standard InChI is InChI=1S/C7H11N3.C2H6/c1-2-6-4-10-7(3-8)5-9-6;1-2/h4-5H,2-3,8H2,1H3;1-2H3. The lowest BCUT2D eigenvalue weighted by molar-refractivity contribution is 0.918. The summed E-state index contributed by atoms with van der Waals surface area (Å²) in [5.41, 5.74) is 7.19. The molecule has 68 valence electrons. The molecule has 0 radical (unpaired) electrons. The van der Waals surface area contributed by atoms with Crippen LogP contribution in [0.5, 0.6) is 0 Å². The van der Waals surface area contributed by atoms with Gasteiger partial charge in [0.2, 0.25) is 0 Å². The van der Waals surface area contributed by atoms with E-state index in [1.807, 2.05) is 20.8 Å². The lowest BCUT2D eigenvalue weighted by Crippen LogP contribution is -2.01. The highest BCUT2D eigenvalue weighted by molar-refractivity contribution is 5.01. The van der Waals surface area contributed by atoms with Gasteiger partial charge in [0, 0.05) is 18.9 Å². The van der Waals surface area contributed by atoms with E-state index in [-0.39, 0.29) is 0 Å². The summed E-state index contributed by atoms with van der Waals surface area (Å²) >= 11 is 0. The molecule has 0 aliphatic rings. The Morgan fingerprint density at radius 2 is 1.67 bits per heavy atom. The first kappa shape index (κ1) is 11.0. The molecule has 0 aliphatic carbocycles. The molecule has 1 heterocycles. The lowest BCUT2D eigenvalue weighted by Gasteiger charge is -1.95. The van der Waals surface area contributed by atoms with Crippen LogP contribution in [0.3, 0.4) is 0 Å². The van der Waals surface area contributed by atoms with Gasteiger partial charge < -0.3 is 5.73 Å². The van der Waals surface area contributed by atoms with Crippen molar-refractivity contribution in [3.05, 3.63) is 23.8 Å². The summed E-state index contributed by atoms with van der Waals surface area (Å²) in [6, 6.07) is 0. The summed E-state index contributed by atoms with van der Waals surface area (Å²) in [4.78, 5) is 8.21. The molecule has 1 rings (SSSR count). The summed E-state index contributed by atoms with van der Waals surface area (Å²) in [6.07, 6.45) is 4.42. The van der Waals surface area contributed by atoms with Crippen LogP contribution in [0, 0.1) is 0 Å². The van der Waals surface area contributed by atoms with E-state index in [0.29, 0.717) is 6.54 Å². The molecule has 3 nitrogen and oxygen atoms in total. The molecule has 0 spiro atoms. The molecule has 1 aromatic rings. The zero-order chi connectivity index (χ0) is 9.40. The molecular formula is C9H17N3. The average molecular weight is 167 g/mol. The third kappa shape index (κ3) is 3.44. The molecule has 0 saturated heterocycles. The van der Waals surface area contributed by atoms with Crippen LogP contribution in [0.15, 0.2) is 12.4 Å². The van der Waals surface area contributed by atoms with E-state index >= 15 is 0 Å². The van der Waals surface area contributed by atoms with Crippen molar-refractivity contribution < 1.29 is 0 Å². The molecule has 3 heteroatoms. The van der Waals surface area contributed by atoms with E-state index in [0.717, 1.165) is 17.8 Å². The first-order valence-electron chi connectivity index (χ1n) is 4.36. The Labute approximate surface area is 74.0 Å². The second-order valence-electron chi connectivity index (χ2n) is 2.06. The zero-order valence-electron chi connectivity index (χ0n) is 8.04. The van der Waals surface area contributed by atoms with E-state index in [1.54, 1.807) is 12.4 Å². The van der Waals surface area contributed by atoms with Crippen molar-refractivity contribution in [1.29, 1.82) is 0 Å². The van der Waals surface area contributed by atoms with Gasteiger partial charge in [-0.2, -0.15) is 0 Å². The monoisotopic (exact) mass is 167 g/mol. The number of hydrogen-bond donors (Lipinski definition) is 1. The summed E-state index contributed by atoms with van der Waals surface area (Å²) in [5.74, 6) is 0. The second kappa shape index (κ2) is 6.73. The number of rotatable bonds is 2. The molecule has 0 saturated carbocycles. The quantitative estimate of drug-likeness (QED) is 0.726. The van der Waals surface area contributed by atoms with Gasteiger partial charge >= 0.3 is 0 Å². The molecule has 0 bridgehead atoms. The minimum absolute atomic E-state index is 0.469. The Balaban J connectivity index is 0.000000561. The van der Waals surface area contributed by atoms with E-state index in [1.165, 1.54) is 0 Å². The molecule has 2 N–H and O–H groups in total. The normalized spacial score (nSPS) is 8.67. The van der Waals surface area contributed by atoms with Gasteiger partial charge in [-0.25, -0.2) is 0 Å². The second-order valence-corrected chi connectivity index (χ2v) is 2.06. The highest BCUT2D eigenvalue weighted by atomic mass is 14.8. The van der Waals surface area contributed by atoms with Gasteiger partial charge in [-0.3, -0.25) is 9.97 Å². The Kier molecular flexibility index (Phi) is 6.19. The van der Waals surface area contributed by atoms with Crippen molar-refractivity contribution in [2.75, 3.05) is 0 Å². The average Bonchev–Trinajstić information content (AvgIpc) is 2.21. The van der Waals surface area contributed by atoms with Gasteiger partial charge in [-0.15, -0.1) is 0 Å². The fourth-order valence-electron chi connectivity index (χ4n) is 0.669. The maximum absolute atomic E-state index is 5.34. The van der Waals surface area contributed by atoms with Gasteiger partial charge in [0.25, 0.3) is 0 Å². The largest absolute Gasteiger partial charge is 0.325 e. The number of aromatic nitrogens is 2. The van der Waals surface area contributed by atoms with Crippen LogP contribution in [-0.2, 0) is 13.0 Å². The van der Waals surface area contributed by atoms with Crippen molar-refractivity contribution in [3.63, 3.8) is 0 Å². The molecule has 0 fully saturated rings. The van der Waals surface area contributed by atoms with Crippen LogP contribution in [0.2, 0.25) is 0 Å². The van der Waals surface area contributed by atoms with E-state index in [9.17, 15) is 0 Å². The molecular weight excluding hydrogens is 150 g/mol. The van der Waals surface area contributed by atoms with E-state index in [4.69, 9.17) is 5.73 Å². The van der Waals surface area contributed by atoms with Crippen molar-refractivity contribution in [2.24, 2.45) is 5.73 Å². The zero-order valence-corrected chi connectivity index (χ0v) is 8.04. The van der Waals surface area contributed by atoms with Crippen LogP contribution in [0.1, 0.15) is 32.2 Å². The molecule has 1 aromatic heterocycles. The summed E-state index contributed by atoms with van der Waals surface area (Å²) in [5, 5.41) is 0. The van der Waals surface area contributed by atoms with Crippen LogP contribution in [-0.4, -0.2) is 9.97 Å². The third-order valence-corrected chi connectivity index (χ3v) is 1.33. The van der Waals surface area contributed by atoms with Gasteiger partial charge in [-0.1, -0.05) is 20.8 Å². The molecule has 0 atom stereocenters. The van der Waals surface area contributed by atoms with Crippen LogP contribution < -0.4 is 5.73 Å². The number of hydrogen-bond acceptors (Lipinski definition) is 3. The van der Waals surface area contributed by atoms with Crippen molar-refractivity contribution in [3.8, 4) is 0 Å². The first-order valence-corrected chi connectivity index (χ1v) is 4.36. The topological polar surface area (TPSA) is 51.8 Å². The number of nitrogens with zero attached hydrogens (tertiary/aromatic N) is 2. The number of nitrogens with two attached hydrogens (primary N) is 1. The Bertz CT molecular complexity index is 170. The molecule has 12 heavy (non-hydrogen) atoms. The molecule has 0 aliphatic heterocycles. The maximum Gasteiger partial charge on any atom is 0.0722 e. The van der Waals surface area contributed by atoms with Crippen molar-refractivity contribution in [2.45, 2.75) is 33.7 Å². The third-order valence-electron chi connectivity index (χ3n) is 1.33. The molecule has 0 unspecified atom stereocenters. The highest BCUT2D eigenvalue weighted by Crippen LogP contribution is 1.94. The van der Waals surface area contributed by atoms with Gasteiger partial charge in [0.05, 0.1) is 11.4 Å². The molecule has 0 aromatic carbocycles. The SMILES string of the molecule is CC.CCc1cnc(CN)cn1. The minimum Gasteiger partial charge on any atom is -0.325 e. The fourth-order valence-corrected chi connectivity index (χ4v) is 0.669. The van der Waals surface area contributed by atoms with Crippen LogP contribution in [0.4, 0.5) is 0 Å². The summed E-state index contributed by atoms with van der Waals surface area (Å²) < 4.78 is 0. The van der Waals surface area contributed by atoms with Crippen LogP contribution >= 0.6 is 0 Å². The number of aryl methyl sites for hydroxylation is 1. The van der Waals surface area contributed by atoms with Gasteiger partial charge in [0.15, 0.2) is 0 Å². The maximum atomic E-state index is 5.34. The Morgan fingerprint density at radius 1 is 1.17 bits per heavy atom. The fraction of sp³-hybridized carbons (Fsp3) is 0.556. The minimum atomic E-state index is 0.469. The summed E-state index contributed by atoms with van der Waals surface area (Å²) in [7, 11) is 0. The van der Waals surface area contributed by atoms with Crippen molar-refractivity contribution >= 4 is 0 Å². The van der Waals surface area contributed by atoms with E-state index in [2.05, 4.69) is 9.97 Å². The Hall–Kier alpha value is -0.960. The smallest absolute Gasteiger partial charge is 0.0722 e. The van der Waals surface area contributed by atoms with E-state index < -0.39 is 0 Å². The van der Waals surface area contributed by atoms with Gasteiger partial charge in [-0.05, 0) is 6.42 Å². The van der Waals surface area contributed by atoms with Gasteiger partial charge in [0.1, 0.15) is 0 Å². The first-order chi connectivity index (χ1) is 5.86. The predicted molar refractivity (Wildman–Crippen MR) is 50.6 cm³/mol. The van der Waals surface area contributed by atoms with Crippen LogP contribution in [0.25, 0.3) is 0 Å². The Morgan fingerprint density at radius 3 is 2.00 bits per heavy atom. The lowest BCUT2D eigenvalue weighted by atomic mass is 10.3. The highest BCUT2D eigenvalue weighted by Gasteiger charge is 1.91. The van der Waals surface area contributed by atoms with Crippen molar-refractivity contribution in [1.82, 2.24) is 9.97 Å². The molecule has 0 amide bonds.